The summed E-state index contributed by atoms with van der Waals surface area (Å²) in [5, 5.41) is 8.14. The van der Waals surface area contributed by atoms with Crippen molar-refractivity contribution in [1.29, 1.82) is 0 Å². The normalized spacial score (nSPS) is 12.2. The Bertz CT molecular complexity index is 1930. The number of benzene rings is 5. The van der Waals surface area contributed by atoms with Gasteiger partial charge in [-0.3, -0.25) is 0 Å². The molecule has 0 aliphatic carbocycles. The molecule has 3 heteroatoms. The van der Waals surface area contributed by atoms with E-state index in [4.69, 9.17) is 8.83 Å². The van der Waals surface area contributed by atoms with Crippen LogP contribution in [0.3, 0.4) is 0 Å². The molecule has 37 heavy (non-hydrogen) atoms. The van der Waals surface area contributed by atoms with Crippen LogP contribution in [-0.2, 0) is 5.41 Å². The van der Waals surface area contributed by atoms with Gasteiger partial charge in [-0.2, -0.15) is 0 Å². The average molecular weight is 482 g/mol. The predicted molar refractivity (Wildman–Crippen MR) is 155 cm³/mol. The Morgan fingerprint density at radius 2 is 1.11 bits per heavy atom. The molecule has 0 fully saturated rings. The third-order valence-electron chi connectivity index (χ3n) is 7.23. The molecular formula is C34H27NO2. The first-order valence-electron chi connectivity index (χ1n) is 12.7. The van der Waals surface area contributed by atoms with E-state index >= 15 is 0 Å². The average Bonchev–Trinajstić information content (AvgIpc) is 3.47. The Balaban J connectivity index is 1.42. The first-order valence-corrected chi connectivity index (χ1v) is 12.7. The Morgan fingerprint density at radius 1 is 0.514 bits per heavy atom. The Morgan fingerprint density at radius 3 is 1.73 bits per heavy atom. The predicted octanol–water partition coefficient (Wildman–Crippen LogP) is 10.2. The fourth-order valence-electron chi connectivity index (χ4n) is 5.28. The second kappa shape index (κ2) is 8.01. The van der Waals surface area contributed by atoms with Crippen molar-refractivity contribution in [1.82, 2.24) is 0 Å². The molecule has 180 valence electrons. The summed E-state index contributed by atoms with van der Waals surface area (Å²) in [4.78, 5) is 0. The van der Waals surface area contributed by atoms with Gasteiger partial charge in [-0.05, 0) is 70.6 Å². The highest BCUT2D eigenvalue weighted by molar-refractivity contribution is 6.16. The highest BCUT2D eigenvalue weighted by Gasteiger charge is 2.19. The summed E-state index contributed by atoms with van der Waals surface area (Å²) in [5.41, 5.74) is 9.25. The lowest BCUT2D eigenvalue weighted by Crippen LogP contribution is -2.10. The Labute approximate surface area is 215 Å². The maximum Gasteiger partial charge on any atom is 0.137 e. The number of hydrogen-bond acceptors (Lipinski definition) is 3. The lowest BCUT2D eigenvalue weighted by Gasteiger charge is -2.18. The number of anilines is 2. The summed E-state index contributed by atoms with van der Waals surface area (Å²) in [6.07, 6.45) is 0. The summed E-state index contributed by atoms with van der Waals surface area (Å²) in [5.74, 6) is 0. The minimum atomic E-state index is 0.0535. The van der Waals surface area contributed by atoms with Crippen LogP contribution in [0.5, 0.6) is 0 Å². The molecule has 0 aliphatic heterocycles. The standard InChI is InChI=1S/C34H27NO2/c1-34(2,3)23-16-18-29-25(20-23)33-27(12-8-14-31(33)37-29)35-26-11-7-13-30-32(26)24-19-22(15-17-28(24)36-30)21-9-5-4-6-10-21/h4-20,35H,1-3H3. The zero-order chi connectivity index (χ0) is 25.1. The van der Waals surface area contributed by atoms with E-state index in [2.05, 4.69) is 98.9 Å². The Hall–Kier alpha value is -4.50. The van der Waals surface area contributed by atoms with E-state index < -0.39 is 0 Å². The molecule has 0 saturated carbocycles. The zero-order valence-corrected chi connectivity index (χ0v) is 21.1. The van der Waals surface area contributed by atoms with Gasteiger partial charge in [-0.15, -0.1) is 0 Å². The van der Waals surface area contributed by atoms with E-state index in [0.717, 1.165) is 55.3 Å². The first kappa shape index (κ1) is 21.8. The first-order chi connectivity index (χ1) is 18.0. The number of furan rings is 2. The molecule has 0 saturated heterocycles. The van der Waals surface area contributed by atoms with Gasteiger partial charge < -0.3 is 14.2 Å². The van der Waals surface area contributed by atoms with Crippen LogP contribution in [0.4, 0.5) is 11.4 Å². The molecule has 7 aromatic rings. The van der Waals surface area contributed by atoms with Crippen LogP contribution in [0.25, 0.3) is 55.0 Å². The molecular weight excluding hydrogens is 454 g/mol. The van der Waals surface area contributed by atoms with Crippen molar-refractivity contribution in [3.05, 3.63) is 109 Å². The van der Waals surface area contributed by atoms with E-state index in [-0.39, 0.29) is 5.41 Å². The van der Waals surface area contributed by atoms with Crippen LogP contribution in [0.2, 0.25) is 0 Å². The van der Waals surface area contributed by atoms with Crippen LogP contribution in [0.1, 0.15) is 26.3 Å². The highest BCUT2D eigenvalue weighted by atomic mass is 16.3. The van der Waals surface area contributed by atoms with Gasteiger partial charge >= 0.3 is 0 Å². The van der Waals surface area contributed by atoms with Gasteiger partial charge in [0.05, 0.1) is 22.1 Å². The molecule has 3 nitrogen and oxygen atoms in total. The quantitative estimate of drug-likeness (QED) is 0.273. The van der Waals surface area contributed by atoms with Gasteiger partial charge in [0.1, 0.15) is 22.3 Å². The van der Waals surface area contributed by atoms with Gasteiger partial charge in [-0.1, -0.05) is 75.4 Å². The summed E-state index contributed by atoms with van der Waals surface area (Å²) < 4.78 is 12.5. The maximum absolute atomic E-state index is 6.26. The molecule has 0 atom stereocenters. The molecule has 0 bridgehead atoms. The van der Waals surface area contributed by atoms with E-state index in [1.807, 2.05) is 30.3 Å². The van der Waals surface area contributed by atoms with Crippen molar-refractivity contribution in [2.45, 2.75) is 26.2 Å². The third-order valence-corrected chi connectivity index (χ3v) is 7.23. The van der Waals surface area contributed by atoms with Gasteiger partial charge in [0, 0.05) is 10.8 Å². The van der Waals surface area contributed by atoms with E-state index in [1.54, 1.807) is 0 Å². The number of rotatable bonds is 3. The molecule has 0 unspecified atom stereocenters. The van der Waals surface area contributed by atoms with Crippen molar-refractivity contribution in [2.24, 2.45) is 0 Å². The topological polar surface area (TPSA) is 38.3 Å². The second-order valence-electron chi connectivity index (χ2n) is 10.7. The molecule has 2 heterocycles. The second-order valence-corrected chi connectivity index (χ2v) is 10.7. The van der Waals surface area contributed by atoms with Gasteiger partial charge in [-0.25, -0.2) is 0 Å². The SMILES string of the molecule is CC(C)(C)c1ccc2oc3cccc(Nc4cccc5oc6ccc(-c7ccccc7)cc6c45)c3c2c1. The smallest absolute Gasteiger partial charge is 0.137 e. The number of fused-ring (bicyclic) bond motifs is 6. The van der Waals surface area contributed by atoms with E-state index in [1.165, 1.54) is 16.7 Å². The monoisotopic (exact) mass is 481 g/mol. The molecule has 2 aromatic heterocycles. The largest absolute Gasteiger partial charge is 0.456 e. The molecule has 5 aromatic carbocycles. The molecule has 0 aliphatic rings. The zero-order valence-electron chi connectivity index (χ0n) is 21.1. The molecule has 7 rings (SSSR count). The minimum Gasteiger partial charge on any atom is -0.456 e. The maximum atomic E-state index is 6.26. The fraction of sp³-hybridized carbons (Fsp3) is 0.118. The van der Waals surface area contributed by atoms with Gasteiger partial charge in [0.25, 0.3) is 0 Å². The van der Waals surface area contributed by atoms with Crippen LogP contribution in [-0.4, -0.2) is 0 Å². The lowest BCUT2D eigenvalue weighted by atomic mass is 9.86. The molecule has 0 radical (unpaired) electrons. The highest BCUT2D eigenvalue weighted by Crippen LogP contribution is 2.41. The summed E-state index contributed by atoms with van der Waals surface area (Å²) in [7, 11) is 0. The summed E-state index contributed by atoms with van der Waals surface area (Å²) in [6, 6.07) is 35.8. The van der Waals surface area contributed by atoms with Crippen molar-refractivity contribution < 1.29 is 8.83 Å². The molecule has 0 amide bonds. The number of hydrogen-bond donors (Lipinski definition) is 1. The molecule has 1 N–H and O–H groups in total. The van der Waals surface area contributed by atoms with E-state index in [0.29, 0.717) is 0 Å². The van der Waals surface area contributed by atoms with Crippen LogP contribution < -0.4 is 5.32 Å². The van der Waals surface area contributed by atoms with Crippen molar-refractivity contribution in [3.63, 3.8) is 0 Å². The van der Waals surface area contributed by atoms with E-state index in [9.17, 15) is 0 Å². The summed E-state index contributed by atoms with van der Waals surface area (Å²) in [6.45, 7) is 6.72. The number of nitrogens with one attached hydrogen (secondary N) is 1. The Kier molecular flexibility index (Phi) is 4.71. The van der Waals surface area contributed by atoms with Crippen LogP contribution in [0, 0.1) is 0 Å². The van der Waals surface area contributed by atoms with Crippen LogP contribution >= 0.6 is 0 Å². The van der Waals surface area contributed by atoms with Crippen molar-refractivity contribution in [3.8, 4) is 11.1 Å². The summed E-state index contributed by atoms with van der Waals surface area (Å²) >= 11 is 0. The lowest BCUT2D eigenvalue weighted by molar-refractivity contribution is 0.590. The van der Waals surface area contributed by atoms with Crippen molar-refractivity contribution in [2.75, 3.05) is 5.32 Å². The third kappa shape index (κ3) is 3.58. The van der Waals surface area contributed by atoms with Gasteiger partial charge in [0.2, 0.25) is 0 Å². The fourth-order valence-corrected chi connectivity index (χ4v) is 5.28. The molecule has 0 spiro atoms. The van der Waals surface area contributed by atoms with Crippen LogP contribution in [0.15, 0.2) is 112 Å². The minimum absolute atomic E-state index is 0.0535. The van der Waals surface area contributed by atoms with Crippen molar-refractivity contribution >= 4 is 55.3 Å². The van der Waals surface area contributed by atoms with Gasteiger partial charge in [0.15, 0.2) is 0 Å².